The SMILES string of the molecule is COc1ccc(Cc2cc([C@@H]3O[C@H](CO)[C@@H](O)[C@H](O)[C@H]3O)c3c(c2Cl)C(C)CO3)cc1. The molecule has 0 radical (unpaired) electrons. The smallest absolute Gasteiger partial charge is 0.130 e. The maximum absolute atomic E-state index is 10.7. The lowest BCUT2D eigenvalue weighted by molar-refractivity contribution is -0.232. The highest BCUT2D eigenvalue weighted by Gasteiger charge is 2.46. The van der Waals surface area contributed by atoms with E-state index in [4.69, 9.17) is 25.8 Å². The molecule has 2 aliphatic rings. The van der Waals surface area contributed by atoms with Gasteiger partial charge in [0.1, 0.15) is 42.0 Å². The van der Waals surface area contributed by atoms with E-state index < -0.39 is 37.1 Å². The number of hydrogen-bond acceptors (Lipinski definition) is 7. The molecule has 4 rings (SSSR count). The van der Waals surface area contributed by atoms with Crippen molar-refractivity contribution in [2.75, 3.05) is 20.3 Å². The van der Waals surface area contributed by atoms with Crippen LogP contribution < -0.4 is 9.47 Å². The van der Waals surface area contributed by atoms with Crippen LogP contribution in [0, 0.1) is 0 Å². The predicted octanol–water partition coefficient (Wildman–Crippen LogP) is 1.95. The topological polar surface area (TPSA) is 109 Å². The first-order valence-corrected chi connectivity index (χ1v) is 10.6. The number of benzene rings is 2. The first-order valence-electron chi connectivity index (χ1n) is 10.3. The minimum Gasteiger partial charge on any atom is -0.497 e. The molecule has 0 aliphatic carbocycles. The molecule has 2 heterocycles. The lowest BCUT2D eigenvalue weighted by atomic mass is 9.87. The summed E-state index contributed by atoms with van der Waals surface area (Å²) in [5, 5.41) is 41.2. The second-order valence-corrected chi connectivity index (χ2v) is 8.55. The van der Waals surface area contributed by atoms with Gasteiger partial charge in [0.15, 0.2) is 0 Å². The molecule has 6 atom stereocenters. The largest absolute Gasteiger partial charge is 0.497 e. The minimum atomic E-state index is -1.47. The monoisotopic (exact) mass is 450 g/mol. The first-order chi connectivity index (χ1) is 14.8. The second-order valence-electron chi connectivity index (χ2n) is 8.17. The zero-order valence-corrected chi connectivity index (χ0v) is 18.1. The maximum atomic E-state index is 10.7. The second kappa shape index (κ2) is 8.94. The fraction of sp³-hybridized carbons (Fsp3) is 0.478. The van der Waals surface area contributed by atoms with Crippen molar-refractivity contribution < 1.29 is 34.6 Å². The molecule has 4 N–H and O–H groups in total. The quantitative estimate of drug-likeness (QED) is 0.551. The van der Waals surface area contributed by atoms with Crippen molar-refractivity contribution in [3.63, 3.8) is 0 Å². The van der Waals surface area contributed by atoms with E-state index in [-0.39, 0.29) is 5.92 Å². The van der Waals surface area contributed by atoms with Crippen LogP contribution in [0.15, 0.2) is 30.3 Å². The molecule has 168 valence electrons. The summed E-state index contributed by atoms with van der Waals surface area (Å²) in [6, 6.07) is 9.48. The molecule has 0 aromatic heterocycles. The lowest BCUT2D eigenvalue weighted by Crippen LogP contribution is -2.55. The van der Waals surface area contributed by atoms with Gasteiger partial charge in [0.25, 0.3) is 0 Å². The summed E-state index contributed by atoms with van der Waals surface area (Å²) in [6.07, 6.45) is -5.73. The summed E-state index contributed by atoms with van der Waals surface area (Å²) in [5.74, 6) is 1.33. The Kier molecular flexibility index (Phi) is 6.44. The number of halogens is 1. The van der Waals surface area contributed by atoms with Gasteiger partial charge in [-0.2, -0.15) is 0 Å². The highest BCUT2D eigenvalue weighted by molar-refractivity contribution is 6.32. The Morgan fingerprint density at radius 3 is 2.45 bits per heavy atom. The van der Waals surface area contributed by atoms with Gasteiger partial charge in [-0.3, -0.25) is 0 Å². The van der Waals surface area contributed by atoms with Gasteiger partial charge in [0.2, 0.25) is 0 Å². The summed E-state index contributed by atoms with van der Waals surface area (Å²) in [4.78, 5) is 0. The average Bonchev–Trinajstić information content (AvgIpc) is 3.17. The summed E-state index contributed by atoms with van der Waals surface area (Å²) in [7, 11) is 1.61. The molecule has 2 aliphatic heterocycles. The van der Waals surface area contributed by atoms with Gasteiger partial charge in [0, 0.05) is 17.0 Å². The number of aliphatic hydroxyl groups excluding tert-OH is 4. The van der Waals surface area contributed by atoms with Crippen LogP contribution in [0.5, 0.6) is 11.5 Å². The number of hydrogen-bond donors (Lipinski definition) is 4. The van der Waals surface area contributed by atoms with E-state index in [0.29, 0.717) is 29.4 Å². The van der Waals surface area contributed by atoms with Crippen molar-refractivity contribution in [3.05, 3.63) is 57.6 Å². The van der Waals surface area contributed by atoms with E-state index in [9.17, 15) is 20.4 Å². The molecule has 0 saturated carbocycles. The van der Waals surface area contributed by atoms with Crippen LogP contribution in [0.25, 0.3) is 0 Å². The summed E-state index contributed by atoms with van der Waals surface area (Å²) >= 11 is 6.78. The summed E-state index contributed by atoms with van der Waals surface area (Å²) < 4.78 is 16.9. The van der Waals surface area contributed by atoms with Gasteiger partial charge >= 0.3 is 0 Å². The highest BCUT2D eigenvalue weighted by atomic mass is 35.5. The highest BCUT2D eigenvalue weighted by Crippen LogP contribution is 2.48. The van der Waals surface area contributed by atoms with Crippen molar-refractivity contribution >= 4 is 11.6 Å². The van der Waals surface area contributed by atoms with Crippen LogP contribution in [0.2, 0.25) is 5.02 Å². The van der Waals surface area contributed by atoms with Crippen molar-refractivity contribution in [1.29, 1.82) is 0 Å². The van der Waals surface area contributed by atoms with Crippen LogP contribution in [0.1, 0.15) is 41.2 Å². The van der Waals surface area contributed by atoms with E-state index in [1.807, 2.05) is 37.3 Å². The molecule has 0 spiro atoms. The van der Waals surface area contributed by atoms with Crippen LogP contribution in [0.4, 0.5) is 0 Å². The minimum absolute atomic E-state index is 0.0435. The fourth-order valence-electron chi connectivity index (χ4n) is 4.30. The molecule has 31 heavy (non-hydrogen) atoms. The first kappa shape index (κ1) is 22.3. The molecule has 1 saturated heterocycles. The Morgan fingerprint density at radius 1 is 1.10 bits per heavy atom. The number of aliphatic hydroxyl groups is 4. The third kappa shape index (κ3) is 4.02. The van der Waals surface area contributed by atoms with E-state index in [1.165, 1.54) is 0 Å². The summed E-state index contributed by atoms with van der Waals surface area (Å²) in [6.45, 7) is 1.95. The van der Waals surface area contributed by atoms with Crippen LogP contribution in [0.3, 0.4) is 0 Å². The molecule has 0 amide bonds. The van der Waals surface area contributed by atoms with Crippen LogP contribution >= 0.6 is 11.6 Å². The molecular weight excluding hydrogens is 424 g/mol. The zero-order chi connectivity index (χ0) is 22.3. The molecule has 2 aromatic carbocycles. The van der Waals surface area contributed by atoms with Gasteiger partial charge in [-0.25, -0.2) is 0 Å². The summed E-state index contributed by atoms with van der Waals surface area (Å²) in [5.41, 5.74) is 3.23. The molecular formula is C23H27ClO7. The standard InChI is InChI=1S/C23H27ClO7/c1-11-10-30-22-15(23-21(28)20(27)19(26)16(9-25)31-23)8-13(18(24)17(11)22)7-12-3-5-14(29-2)6-4-12/h3-6,8,11,16,19-21,23,25-28H,7,9-10H2,1-2H3/t11?,16-,19-,20+,21-,23+/m1/s1. The normalized spacial score (nSPS) is 30.0. The molecule has 1 unspecified atom stereocenters. The van der Waals surface area contributed by atoms with E-state index in [0.717, 1.165) is 22.4 Å². The van der Waals surface area contributed by atoms with Crippen molar-refractivity contribution in [2.24, 2.45) is 0 Å². The maximum Gasteiger partial charge on any atom is 0.130 e. The third-order valence-corrected chi connectivity index (χ3v) is 6.52. The van der Waals surface area contributed by atoms with Crippen molar-refractivity contribution in [2.45, 2.75) is 49.8 Å². The lowest BCUT2D eigenvalue weighted by Gasteiger charge is -2.40. The Hall–Kier alpha value is -1.87. The Labute approximate surface area is 185 Å². The number of rotatable bonds is 5. The van der Waals surface area contributed by atoms with Gasteiger partial charge < -0.3 is 34.6 Å². The number of ether oxygens (including phenoxy) is 3. The fourth-order valence-corrected chi connectivity index (χ4v) is 4.69. The van der Waals surface area contributed by atoms with E-state index in [2.05, 4.69) is 0 Å². The van der Waals surface area contributed by atoms with Gasteiger partial charge in [0.05, 0.1) is 25.3 Å². The van der Waals surface area contributed by atoms with Crippen LogP contribution in [-0.4, -0.2) is 65.2 Å². The van der Waals surface area contributed by atoms with Gasteiger partial charge in [-0.15, -0.1) is 0 Å². The zero-order valence-electron chi connectivity index (χ0n) is 17.4. The predicted molar refractivity (Wildman–Crippen MR) is 114 cm³/mol. The van der Waals surface area contributed by atoms with Crippen molar-refractivity contribution in [1.82, 2.24) is 0 Å². The third-order valence-electron chi connectivity index (χ3n) is 6.08. The Morgan fingerprint density at radius 2 is 1.81 bits per heavy atom. The molecule has 0 bridgehead atoms. The van der Waals surface area contributed by atoms with Gasteiger partial charge in [-0.05, 0) is 35.7 Å². The van der Waals surface area contributed by atoms with Gasteiger partial charge in [-0.1, -0.05) is 30.7 Å². The molecule has 1 fully saturated rings. The number of methoxy groups -OCH3 is 1. The average molecular weight is 451 g/mol. The molecule has 8 heteroatoms. The van der Waals surface area contributed by atoms with Crippen LogP contribution in [-0.2, 0) is 11.2 Å². The Bertz CT molecular complexity index is 931. The molecule has 7 nitrogen and oxygen atoms in total. The molecule has 2 aromatic rings. The number of fused-ring (bicyclic) bond motifs is 1. The Balaban J connectivity index is 1.76. The van der Waals surface area contributed by atoms with Crippen molar-refractivity contribution in [3.8, 4) is 11.5 Å². The van der Waals surface area contributed by atoms with E-state index in [1.54, 1.807) is 7.11 Å². The van der Waals surface area contributed by atoms with E-state index >= 15 is 0 Å².